The van der Waals surface area contributed by atoms with Gasteiger partial charge < -0.3 is 18.6 Å². The number of furan rings is 1. The maximum Gasteiger partial charge on any atom is 0.433 e. The number of nitrogens with zero attached hydrogens (tertiary/aromatic N) is 4. The molecule has 0 spiro atoms. The van der Waals surface area contributed by atoms with Crippen molar-refractivity contribution in [3.8, 4) is 22.8 Å². The summed E-state index contributed by atoms with van der Waals surface area (Å²) in [5, 5.41) is 0.0480. The van der Waals surface area contributed by atoms with Crippen LogP contribution in [0.4, 0.5) is 13.2 Å². The van der Waals surface area contributed by atoms with Gasteiger partial charge in [0.2, 0.25) is 0 Å². The van der Waals surface area contributed by atoms with E-state index in [1.165, 1.54) is 24.9 Å². The van der Waals surface area contributed by atoms with Crippen molar-refractivity contribution in [1.82, 2.24) is 14.5 Å². The number of hydrogen-bond donors (Lipinski definition) is 0. The van der Waals surface area contributed by atoms with E-state index in [9.17, 15) is 22.8 Å². The second-order valence-corrected chi connectivity index (χ2v) is 12.4. The van der Waals surface area contributed by atoms with Crippen LogP contribution in [0.3, 0.4) is 0 Å². The molecule has 4 heterocycles. The summed E-state index contributed by atoms with van der Waals surface area (Å²) in [5.41, 5.74) is 0.227. The fourth-order valence-corrected chi connectivity index (χ4v) is 6.96. The molecular weight excluding hydrogens is 682 g/mol. The van der Waals surface area contributed by atoms with Crippen molar-refractivity contribution in [3.05, 3.63) is 115 Å². The molecule has 0 amide bonds. The van der Waals surface area contributed by atoms with Crippen LogP contribution >= 0.6 is 23.1 Å². The highest BCUT2D eigenvalue weighted by Crippen LogP contribution is 2.37. The zero-order valence-corrected chi connectivity index (χ0v) is 28.0. The standard InChI is InChI=1S/C34H27F3N4O6S2/c1-5-46-31(43)28-18(2)38-33-41(29(28)20-11-13-23(44-3)24(15-20)45-4)30(42)25(48-33)16-21-12-14-27(47-21)49-32-39-22(19-9-7-6-8-10-19)17-26(40-32)34(35,36)37/h6-17,29H,5H2,1-4H3/b25-16+/t29-/m0/s1. The zero-order chi connectivity index (χ0) is 34.9. The maximum atomic E-state index is 14.0. The molecular formula is C34H27F3N4O6S2. The second kappa shape index (κ2) is 13.8. The van der Waals surface area contributed by atoms with Crippen molar-refractivity contribution in [2.75, 3.05) is 20.8 Å². The van der Waals surface area contributed by atoms with E-state index in [4.69, 9.17) is 18.6 Å². The third-order valence-corrected chi connectivity index (χ3v) is 9.14. The summed E-state index contributed by atoms with van der Waals surface area (Å²) in [5.74, 6) is 0.515. The van der Waals surface area contributed by atoms with Gasteiger partial charge in [-0.15, -0.1) is 0 Å². The first-order valence-electron chi connectivity index (χ1n) is 14.7. The summed E-state index contributed by atoms with van der Waals surface area (Å²) in [6.45, 7) is 3.48. The summed E-state index contributed by atoms with van der Waals surface area (Å²) in [7, 11) is 2.99. The molecule has 15 heteroatoms. The second-order valence-electron chi connectivity index (χ2n) is 10.5. The number of carbonyl (C=O) groups excluding carboxylic acids is 1. The molecule has 0 radical (unpaired) electrons. The van der Waals surface area contributed by atoms with Crippen LogP contribution in [-0.2, 0) is 15.7 Å². The van der Waals surface area contributed by atoms with Crippen molar-refractivity contribution >= 4 is 35.1 Å². The number of benzene rings is 2. The lowest BCUT2D eigenvalue weighted by molar-refractivity contribution is -0.141. The van der Waals surface area contributed by atoms with Gasteiger partial charge in [-0.1, -0.05) is 47.7 Å². The number of esters is 1. The van der Waals surface area contributed by atoms with Crippen LogP contribution in [-0.4, -0.2) is 41.3 Å². The van der Waals surface area contributed by atoms with Gasteiger partial charge in [-0.3, -0.25) is 9.36 Å². The first kappa shape index (κ1) is 33.7. The van der Waals surface area contributed by atoms with E-state index in [0.717, 1.165) is 29.2 Å². The Balaban J connectivity index is 1.39. The predicted molar refractivity (Wildman–Crippen MR) is 175 cm³/mol. The first-order valence-corrected chi connectivity index (χ1v) is 16.3. The van der Waals surface area contributed by atoms with Crippen LogP contribution in [0.25, 0.3) is 17.3 Å². The summed E-state index contributed by atoms with van der Waals surface area (Å²) >= 11 is 1.91. The molecule has 6 rings (SSSR count). The van der Waals surface area contributed by atoms with Crippen molar-refractivity contribution in [3.63, 3.8) is 0 Å². The van der Waals surface area contributed by atoms with Crippen molar-refractivity contribution in [1.29, 1.82) is 0 Å². The number of carbonyl (C=O) groups is 1. The molecule has 0 fully saturated rings. The number of alkyl halides is 3. The number of aromatic nitrogens is 3. The highest BCUT2D eigenvalue weighted by molar-refractivity contribution is 7.99. The zero-order valence-electron chi connectivity index (χ0n) is 26.4. The van der Waals surface area contributed by atoms with E-state index in [2.05, 4.69) is 15.0 Å². The third kappa shape index (κ3) is 6.89. The van der Waals surface area contributed by atoms with Crippen molar-refractivity contribution < 1.29 is 36.6 Å². The Morgan fingerprint density at radius 3 is 2.49 bits per heavy atom. The lowest BCUT2D eigenvalue weighted by Crippen LogP contribution is -2.39. The van der Waals surface area contributed by atoms with Gasteiger partial charge >= 0.3 is 12.1 Å². The van der Waals surface area contributed by atoms with E-state index in [1.807, 2.05) is 0 Å². The van der Waals surface area contributed by atoms with Crippen LogP contribution in [0.15, 0.2) is 102 Å². The molecule has 0 saturated heterocycles. The van der Waals surface area contributed by atoms with Crippen LogP contribution < -0.4 is 24.4 Å². The molecule has 252 valence electrons. The van der Waals surface area contributed by atoms with Gasteiger partial charge in [0, 0.05) is 11.6 Å². The highest BCUT2D eigenvalue weighted by atomic mass is 32.2. The van der Waals surface area contributed by atoms with Gasteiger partial charge in [0.05, 0.1) is 48.4 Å². The Morgan fingerprint density at radius 1 is 1.04 bits per heavy atom. The molecule has 0 bridgehead atoms. The maximum absolute atomic E-state index is 14.0. The van der Waals surface area contributed by atoms with Gasteiger partial charge in [0.15, 0.2) is 26.5 Å². The molecule has 2 aromatic carbocycles. The third-order valence-electron chi connectivity index (χ3n) is 7.37. The van der Waals surface area contributed by atoms with Crippen LogP contribution in [0.1, 0.15) is 36.9 Å². The lowest BCUT2D eigenvalue weighted by atomic mass is 9.95. The van der Waals surface area contributed by atoms with Gasteiger partial charge in [0.25, 0.3) is 5.56 Å². The molecule has 0 saturated carbocycles. The Hall–Kier alpha value is -5.15. The van der Waals surface area contributed by atoms with E-state index in [1.54, 1.807) is 74.5 Å². The Bertz CT molecular complexity index is 2260. The first-order chi connectivity index (χ1) is 23.5. The van der Waals surface area contributed by atoms with Crippen molar-refractivity contribution in [2.45, 2.75) is 36.3 Å². The van der Waals surface area contributed by atoms with E-state index >= 15 is 0 Å². The minimum Gasteiger partial charge on any atom is -0.493 e. The molecule has 5 aromatic rings. The summed E-state index contributed by atoms with van der Waals surface area (Å²) in [6.07, 6.45) is -3.18. The van der Waals surface area contributed by atoms with Crippen LogP contribution in [0.5, 0.6) is 11.5 Å². The van der Waals surface area contributed by atoms with E-state index < -0.39 is 29.4 Å². The minimum absolute atomic E-state index is 0.111. The number of fused-ring (bicyclic) bond motifs is 1. The average molecular weight is 709 g/mol. The number of halogens is 3. The molecule has 1 aliphatic heterocycles. The van der Waals surface area contributed by atoms with Gasteiger partial charge in [-0.2, -0.15) is 13.2 Å². The molecule has 0 aliphatic carbocycles. The largest absolute Gasteiger partial charge is 0.493 e. The number of hydrogen-bond acceptors (Lipinski definition) is 11. The molecule has 1 atom stereocenters. The molecule has 3 aromatic heterocycles. The van der Waals surface area contributed by atoms with Gasteiger partial charge in [0.1, 0.15) is 11.5 Å². The molecule has 1 aliphatic rings. The number of ether oxygens (including phenoxy) is 3. The monoisotopic (exact) mass is 708 g/mol. The number of thiazole rings is 1. The SMILES string of the molecule is CCOC(=O)C1=C(C)N=c2s/c(=C/c3ccc(Sc4nc(-c5ccccc5)cc(C(F)(F)F)n4)o3)c(=O)n2[C@H]1c1ccc(OC)c(OC)c1. The topological polar surface area (TPSA) is 118 Å². The molecule has 0 N–H and O–H groups in total. The number of rotatable bonds is 9. The minimum atomic E-state index is -4.69. The summed E-state index contributed by atoms with van der Waals surface area (Å²) in [6, 6.07) is 16.7. The molecule has 49 heavy (non-hydrogen) atoms. The fraction of sp³-hybridized carbons (Fsp3) is 0.206. The fourth-order valence-electron chi connectivity index (χ4n) is 5.19. The predicted octanol–water partition coefficient (Wildman–Crippen LogP) is 6.04. The van der Waals surface area contributed by atoms with Gasteiger partial charge in [-0.25, -0.2) is 19.8 Å². The Morgan fingerprint density at radius 2 is 1.80 bits per heavy atom. The Labute approximate surface area is 285 Å². The summed E-state index contributed by atoms with van der Waals surface area (Å²) < 4.78 is 64.9. The van der Waals surface area contributed by atoms with E-state index in [-0.39, 0.29) is 38.4 Å². The Kier molecular flexibility index (Phi) is 9.48. The van der Waals surface area contributed by atoms with E-state index in [0.29, 0.717) is 33.1 Å². The van der Waals surface area contributed by atoms with Crippen LogP contribution in [0, 0.1) is 0 Å². The van der Waals surface area contributed by atoms with Crippen molar-refractivity contribution in [2.24, 2.45) is 4.99 Å². The van der Waals surface area contributed by atoms with Gasteiger partial charge in [-0.05, 0) is 61.5 Å². The average Bonchev–Trinajstić information content (AvgIpc) is 3.66. The molecule has 10 nitrogen and oxygen atoms in total. The van der Waals surface area contributed by atoms with Crippen LogP contribution in [0.2, 0.25) is 0 Å². The summed E-state index contributed by atoms with van der Waals surface area (Å²) in [4.78, 5) is 40.2. The smallest absolute Gasteiger partial charge is 0.433 e. The number of allylic oxidation sites excluding steroid dienone is 1. The highest BCUT2D eigenvalue weighted by Gasteiger charge is 2.35. The lowest BCUT2D eigenvalue weighted by Gasteiger charge is -2.25. The quantitative estimate of drug-likeness (QED) is 0.134. The number of methoxy groups -OCH3 is 2. The normalized spacial score (nSPS) is 14.8. The molecule has 0 unspecified atom stereocenters.